The molecule has 4 nitrogen and oxygen atoms in total. The van der Waals surface area contributed by atoms with Crippen LogP contribution in [-0.4, -0.2) is 41.1 Å². The molecule has 1 fully saturated rings. The highest BCUT2D eigenvalue weighted by Crippen LogP contribution is 2.27. The molecule has 0 aromatic carbocycles. The minimum Gasteiger partial charge on any atom is -0.480 e. The fraction of sp³-hybridized carbons (Fsp3) is 0.929. The van der Waals surface area contributed by atoms with Gasteiger partial charge in [-0.3, -0.25) is 4.79 Å². The molecular weight excluding hydrogens is 228 g/mol. The largest absolute Gasteiger partial charge is 0.480 e. The molecule has 1 rings (SSSR count). The first-order valence-corrected chi connectivity index (χ1v) is 7.07. The number of nitrogens with two attached hydrogens (primary N) is 1. The lowest BCUT2D eigenvalue weighted by molar-refractivity contribution is -0.143. The van der Waals surface area contributed by atoms with Crippen LogP contribution in [0.25, 0.3) is 0 Å². The van der Waals surface area contributed by atoms with Gasteiger partial charge >= 0.3 is 5.97 Å². The van der Waals surface area contributed by atoms with Crippen molar-refractivity contribution in [3.8, 4) is 0 Å². The van der Waals surface area contributed by atoms with Crippen LogP contribution in [0.15, 0.2) is 0 Å². The van der Waals surface area contributed by atoms with Crippen molar-refractivity contribution in [2.75, 3.05) is 13.6 Å². The molecule has 4 heteroatoms. The van der Waals surface area contributed by atoms with Gasteiger partial charge in [-0.2, -0.15) is 0 Å². The molecule has 1 saturated carbocycles. The average molecular weight is 256 g/mol. The maximum atomic E-state index is 10.9. The van der Waals surface area contributed by atoms with E-state index in [0.29, 0.717) is 12.5 Å². The van der Waals surface area contributed by atoms with Crippen molar-refractivity contribution in [1.29, 1.82) is 0 Å². The second-order valence-electron chi connectivity index (χ2n) is 6.14. The first-order valence-electron chi connectivity index (χ1n) is 7.07. The Balaban J connectivity index is 2.32. The van der Waals surface area contributed by atoms with Crippen LogP contribution in [0, 0.1) is 5.92 Å². The summed E-state index contributed by atoms with van der Waals surface area (Å²) in [7, 11) is 2.15. The number of hydrogen-bond donors (Lipinski definition) is 2. The highest BCUT2D eigenvalue weighted by molar-refractivity contribution is 5.77. The fourth-order valence-electron chi connectivity index (χ4n) is 2.92. The van der Waals surface area contributed by atoms with Crippen molar-refractivity contribution in [3.05, 3.63) is 0 Å². The molecule has 0 bridgehead atoms. The predicted octanol–water partition coefficient (Wildman–Crippen LogP) is 2.08. The van der Waals surface area contributed by atoms with E-state index in [9.17, 15) is 4.79 Å². The average Bonchev–Trinajstić information content (AvgIpc) is 2.29. The lowest BCUT2D eigenvalue weighted by atomic mass is 9.85. The van der Waals surface area contributed by atoms with Crippen LogP contribution in [0.1, 0.15) is 52.4 Å². The first-order chi connectivity index (χ1) is 8.34. The van der Waals surface area contributed by atoms with E-state index in [1.807, 2.05) is 0 Å². The van der Waals surface area contributed by atoms with E-state index in [0.717, 1.165) is 18.9 Å². The van der Waals surface area contributed by atoms with E-state index in [-0.39, 0.29) is 0 Å². The van der Waals surface area contributed by atoms with E-state index in [1.165, 1.54) is 25.7 Å². The molecule has 3 atom stereocenters. The Morgan fingerprint density at radius 3 is 2.61 bits per heavy atom. The van der Waals surface area contributed by atoms with Crippen molar-refractivity contribution in [2.24, 2.45) is 11.7 Å². The third kappa shape index (κ3) is 4.25. The minimum absolute atomic E-state index is 0.535. The number of aliphatic carboxylic acids is 1. The molecule has 1 aliphatic carbocycles. The Hall–Kier alpha value is -0.610. The van der Waals surface area contributed by atoms with Gasteiger partial charge < -0.3 is 15.7 Å². The van der Waals surface area contributed by atoms with Gasteiger partial charge in [-0.05, 0) is 52.1 Å². The number of carboxylic acid groups (broad SMARTS) is 1. The highest BCUT2D eigenvalue weighted by atomic mass is 16.4. The van der Waals surface area contributed by atoms with Gasteiger partial charge in [-0.15, -0.1) is 0 Å². The van der Waals surface area contributed by atoms with Crippen LogP contribution >= 0.6 is 0 Å². The number of carbonyl (C=O) groups is 1. The summed E-state index contributed by atoms with van der Waals surface area (Å²) >= 11 is 0. The lowest BCUT2D eigenvalue weighted by Crippen LogP contribution is -2.46. The van der Waals surface area contributed by atoms with Crippen LogP contribution in [0.3, 0.4) is 0 Å². The molecule has 0 amide bonds. The quantitative estimate of drug-likeness (QED) is 0.763. The van der Waals surface area contributed by atoms with E-state index >= 15 is 0 Å². The van der Waals surface area contributed by atoms with Crippen molar-refractivity contribution in [2.45, 2.75) is 64.0 Å². The first kappa shape index (κ1) is 15.4. The normalized spacial score (nSPS) is 28.1. The second-order valence-corrected chi connectivity index (χ2v) is 6.14. The molecule has 0 aromatic heterocycles. The summed E-state index contributed by atoms with van der Waals surface area (Å²) in [5.74, 6) is -0.149. The molecule has 0 aromatic rings. The molecule has 106 valence electrons. The van der Waals surface area contributed by atoms with E-state index in [2.05, 4.69) is 18.9 Å². The van der Waals surface area contributed by atoms with Gasteiger partial charge in [-0.25, -0.2) is 0 Å². The molecule has 1 aliphatic rings. The number of nitrogens with zero attached hydrogens (tertiary/aromatic N) is 1. The standard InChI is InChI=1S/C14H28N2O2/c1-11-7-4-5-8-12(11)16(3)10-6-9-14(2,15)13(17)18/h11-12H,4-10,15H2,1-3H3,(H,17,18). The van der Waals surface area contributed by atoms with Crippen molar-refractivity contribution >= 4 is 5.97 Å². The van der Waals surface area contributed by atoms with Gasteiger partial charge in [0.2, 0.25) is 0 Å². The van der Waals surface area contributed by atoms with E-state index in [1.54, 1.807) is 6.92 Å². The number of rotatable bonds is 6. The molecular formula is C14H28N2O2. The zero-order valence-electron chi connectivity index (χ0n) is 12.0. The molecule has 0 aliphatic heterocycles. The van der Waals surface area contributed by atoms with Crippen LogP contribution < -0.4 is 5.73 Å². The van der Waals surface area contributed by atoms with Crippen LogP contribution in [0.2, 0.25) is 0 Å². The summed E-state index contributed by atoms with van der Waals surface area (Å²) in [4.78, 5) is 13.3. The van der Waals surface area contributed by atoms with Crippen molar-refractivity contribution < 1.29 is 9.90 Å². The topological polar surface area (TPSA) is 66.6 Å². The zero-order chi connectivity index (χ0) is 13.8. The van der Waals surface area contributed by atoms with Crippen molar-refractivity contribution in [1.82, 2.24) is 4.90 Å². The lowest BCUT2D eigenvalue weighted by Gasteiger charge is -2.36. The van der Waals surface area contributed by atoms with Gasteiger partial charge in [0.15, 0.2) is 0 Å². The molecule has 3 N–H and O–H groups in total. The van der Waals surface area contributed by atoms with Crippen LogP contribution in [-0.2, 0) is 4.79 Å². The SMILES string of the molecule is CC1CCCCC1N(C)CCCC(C)(N)C(=O)O. The van der Waals surface area contributed by atoms with E-state index < -0.39 is 11.5 Å². The minimum atomic E-state index is -1.08. The summed E-state index contributed by atoms with van der Waals surface area (Å²) in [6.07, 6.45) is 6.65. The molecule has 18 heavy (non-hydrogen) atoms. The fourth-order valence-corrected chi connectivity index (χ4v) is 2.92. The Bertz CT molecular complexity index is 279. The van der Waals surface area contributed by atoms with Gasteiger partial charge in [0.25, 0.3) is 0 Å². The van der Waals surface area contributed by atoms with Gasteiger partial charge in [0, 0.05) is 6.04 Å². The predicted molar refractivity (Wildman–Crippen MR) is 73.5 cm³/mol. The Morgan fingerprint density at radius 1 is 1.44 bits per heavy atom. The molecule has 0 heterocycles. The maximum Gasteiger partial charge on any atom is 0.323 e. The van der Waals surface area contributed by atoms with Crippen LogP contribution in [0.4, 0.5) is 0 Å². The molecule has 3 unspecified atom stereocenters. The second kappa shape index (κ2) is 6.53. The summed E-state index contributed by atoms with van der Waals surface area (Å²) in [6, 6.07) is 0.660. The third-order valence-corrected chi connectivity index (χ3v) is 4.33. The summed E-state index contributed by atoms with van der Waals surface area (Å²) < 4.78 is 0. The van der Waals surface area contributed by atoms with Crippen LogP contribution in [0.5, 0.6) is 0 Å². The van der Waals surface area contributed by atoms with Gasteiger partial charge in [0.05, 0.1) is 0 Å². The van der Waals surface area contributed by atoms with E-state index in [4.69, 9.17) is 10.8 Å². The van der Waals surface area contributed by atoms with Crippen molar-refractivity contribution in [3.63, 3.8) is 0 Å². The summed E-state index contributed by atoms with van der Waals surface area (Å²) in [5, 5.41) is 8.96. The highest BCUT2D eigenvalue weighted by Gasteiger charge is 2.28. The Morgan fingerprint density at radius 2 is 2.06 bits per heavy atom. The maximum absolute atomic E-state index is 10.9. The third-order valence-electron chi connectivity index (χ3n) is 4.33. The smallest absolute Gasteiger partial charge is 0.323 e. The Kier molecular flexibility index (Phi) is 5.60. The number of hydrogen-bond acceptors (Lipinski definition) is 3. The monoisotopic (exact) mass is 256 g/mol. The van der Waals surface area contributed by atoms with Gasteiger partial charge in [-0.1, -0.05) is 19.8 Å². The summed E-state index contributed by atoms with van der Waals surface area (Å²) in [6.45, 7) is 4.86. The number of carboxylic acids is 1. The van der Waals surface area contributed by atoms with Gasteiger partial charge in [0.1, 0.15) is 5.54 Å². The Labute approximate surface area is 111 Å². The molecule has 0 saturated heterocycles. The molecule has 0 spiro atoms. The molecule has 0 radical (unpaired) electrons. The zero-order valence-corrected chi connectivity index (χ0v) is 12.0. The summed E-state index contributed by atoms with van der Waals surface area (Å²) in [5.41, 5.74) is 4.65.